The van der Waals surface area contributed by atoms with Crippen LogP contribution < -0.4 is 10.2 Å². The Kier molecular flexibility index (Phi) is 8.11. The number of amides is 1. The zero-order valence-electron chi connectivity index (χ0n) is 27.2. The summed E-state index contributed by atoms with van der Waals surface area (Å²) in [5.41, 5.74) is 5.95. The van der Waals surface area contributed by atoms with Crippen molar-refractivity contribution in [2.45, 2.75) is 63.1 Å². The van der Waals surface area contributed by atoms with Gasteiger partial charge in [-0.1, -0.05) is 60.7 Å². The summed E-state index contributed by atoms with van der Waals surface area (Å²) in [4.78, 5) is 25.7. The van der Waals surface area contributed by atoms with Gasteiger partial charge in [-0.3, -0.25) is 4.79 Å². The largest absolute Gasteiger partial charge is 0.379 e. The molecule has 2 saturated carbocycles. The molecule has 48 heavy (non-hydrogen) atoms. The molecule has 4 heterocycles. The molecule has 2 atom stereocenters. The van der Waals surface area contributed by atoms with E-state index in [-0.39, 0.29) is 30.2 Å². The number of ether oxygens (including phenoxy) is 2. The molecule has 0 aliphatic heterocycles. The van der Waals surface area contributed by atoms with E-state index in [1.54, 1.807) is 17.8 Å². The van der Waals surface area contributed by atoms with Crippen LogP contribution in [0.2, 0.25) is 0 Å². The molecule has 8 rings (SSSR count). The number of carbonyl (C=O) groups excluding carboxylic acids is 1. The second kappa shape index (κ2) is 12.9. The van der Waals surface area contributed by atoms with Gasteiger partial charge >= 0.3 is 0 Å². The Labute approximate surface area is 279 Å². The fraction of sp³-hybridized carbons (Fsp3) is 0.316. The maximum atomic E-state index is 13.6. The molecule has 1 N–H and O–H groups in total. The molecule has 10 heteroatoms. The number of aromatic nitrogens is 5. The predicted molar refractivity (Wildman–Crippen MR) is 185 cm³/mol. The van der Waals surface area contributed by atoms with Crippen molar-refractivity contribution in [1.29, 1.82) is 0 Å². The van der Waals surface area contributed by atoms with Gasteiger partial charge in [-0.25, -0.2) is 9.97 Å². The smallest absolute Gasteiger partial charge is 0.257 e. The van der Waals surface area contributed by atoms with Crippen molar-refractivity contribution in [2.75, 3.05) is 19.1 Å². The Bertz CT molecular complexity index is 2050. The van der Waals surface area contributed by atoms with Gasteiger partial charge in [0.2, 0.25) is 0 Å². The number of carbonyl (C=O) groups is 1. The van der Waals surface area contributed by atoms with E-state index in [9.17, 15) is 4.79 Å². The maximum absolute atomic E-state index is 13.6. The molecule has 0 radical (unpaired) electrons. The fourth-order valence-corrected chi connectivity index (χ4v) is 6.87. The number of rotatable bonds is 11. The van der Waals surface area contributed by atoms with Crippen LogP contribution in [0, 0.1) is 0 Å². The number of fused-ring (bicyclic) bond motifs is 2. The Morgan fingerprint density at radius 3 is 2.48 bits per heavy atom. The number of benzene rings is 2. The summed E-state index contributed by atoms with van der Waals surface area (Å²) in [6.45, 7) is 1.28. The molecule has 0 bridgehead atoms. The van der Waals surface area contributed by atoms with E-state index in [2.05, 4.69) is 62.5 Å². The van der Waals surface area contributed by atoms with E-state index < -0.39 is 0 Å². The lowest BCUT2D eigenvalue weighted by Gasteiger charge is -2.36. The molecular formula is C38H39N7O3. The zero-order chi connectivity index (χ0) is 32.6. The van der Waals surface area contributed by atoms with Gasteiger partial charge in [0.15, 0.2) is 5.65 Å². The van der Waals surface area contributed by atoms with E-state index >= 15 is 0 Å². The standard InChI is InChI=1S/C38H39N7O3/c1-43(22-25-10-5-3-6-11-25)35-20-33(41-37-30(21-40-45(35)37)38(46)42-32-15-16-34(32)47-2)31-23-44(36-29(31)14-9-17-39-36)27-18-28(19-27)48-24-26-12-7-4-8-13-26/h3-14,17,20-21,23,27-28,32,34H,15-16,18-19,22,24H2,1-2H3,(H,42,46)/t27-,28+,32-,34+/m0/s1. The summed E-state index contributed by atoms with van der Waals surface area (Å²) in [5.74, 6) is 0.636. The van der Waals surface area contributed by atoms with Gasteiger partial charge in [0.1, 0.15) is 17.0 Å². The van der Waals surface area contributed by atoms with Gasteiger partial charge in [0, 0.05) is 56.2 Å². The number of hydrogen-bond acceptors (Lipinski definition) is 7. The molecule has 1 amide bonds. The van der Waals surface area contributed by atoms with E-state index in [4.69, 9.17) is 19.4 Å². The highest BCUT2D eigenvalue weighted by Gasteiger charge is 2.34. The van der Waals surface area contributed by atoms with Crippen molar-refractivity contribution in [3.05, 3.63) is 114 Å². The first-order chi connectivity index (χ1) is 23.6. The van der Waals surface area contributed by atoms with Crippen molar-refractivity contribution in [1.82, 2.24) is 29.5 Å². The third-order valence-corrected chi connectivity index (χ3v) is 9.84. The SMILES string of the molecule is CO[C@@H]1CC[C@@H]1NC(=O)c1cnn2c(N(C)Cc3ccccc3)cc(-c3cn([C@H]4C[C@@H](OCc5ccccc5)C4)c4ncccc34)nc12. The lowest BCUT2D eigenvalue weighted by atomic mass is 9.89. The van der Waals surface area contributed by atoms with Crippen molar-refractivity contribution >= 4 is 28.4 Å². The zero-order valence-corrected chi connectivity index (χ0v) is 27.2. The molecule has 2 fully saturated rings. The number of nitrogens with zero attached hydrogens (tertiary/aromatic N) is 6. The highest BCUT2D eigenvalue weighted by atomic mass is 16.5. The Hall–Kier alpha value is -5.06. The molecule has 2 aromatic carbocycles. The number of nitrogens with one attached hydrogen (secondary N) is 1. The molecule has 6 aromatic rings. The molecule has 10 nitrogen and oxygen atoms in total. The Morgan fingerprint density at radius 2 is 1.75 bits per heavy atom. The second-order valence-corrected chi connectivity index (χ2v) is 12.9. The van der Waals surface area contributed by atoms with Crippen molar-refractivity contribution < 1.29 is 14.3 Å². The van der Waals surface area contributed by atoms with Crippen LogP contribution in [0.5, 0.6) is 0 Å². The molecule has 0 unspecified atom stereocenters. The topological polar surface area (TPSA) is 98.8 Å². The first kappa shape index (κ1) is 30.3. The van der Waals surface area contributed by atoms with Crippen molar-refractivity contribution in [3.8, 4) is 11.3 Å². The summed E-state index contributed by atoms with van der Waals surface area (Å²) in [6.07, 6.45) is 9.52. The first-order valence-corrected chi connectivity index (χ1v) is 16.6. The van der Waals surface area contributed by atoms with Crippen LogP contribution in [0.3, 0.4) is 0 Å². The monoisotopic (exact) mass is 641 g/mol. The van der Waals surface area contributed by atoms with Gasteiger partial charge in [0.05, 0.1) is 36.7 Å². The minimum atomic E-state index is -0.196. The van der Waals surface area contributed by atoms with Crippen LogP contribution >= 0.6 is 0 Å². The molecule has 2 aliphatic rings. The summed E-state index contributed by atoms with van der Waals surface area (Å²) in [5, 5.41) is 8.85. The number of anilines is 1. The van der Waals surface area contributed by atoms with Gasteiger partial charge in [-0.15, -0.1) is 0 Å². The summed E-state index contributed by atoms with van der Waals surface area (Å²) < 4.78 is 15.8. The number of pyridine rings is 1. The number of methoxy groups -OCH3 is 1. The lowest BCUT2D eigenvalue weighted by molar-refractivity contribution is -0.0347. The summed E-state index contributed by atoms with van der Waals surface area (Å²) >= 11 is 0. The summed E-state index contributed by atoms with van der Waals surface area (Å²) in [7, 11) is 3.73. The van der Waals surface area contributed by atoms with Crippen molar-refractivity contribution in [2.24, 2.45) is 0 Å². The van der Waals surface area contributed by atoms with Crippen LogP contribution in [0.15, 0.2) is 97.5 Å². The molecule has 4 aromatic heterocycles. The third kappa shape index (κ3) is 5.71. The van der Waals surface area contributed by atoms with Crippen LogP contribution in [0.25, 0.3) is 27.9 Å². The predicted octanol–water partition coefficient (Wildman–Crippen LogP) is 6.21. The van der Waals surface area contributed by atoms with Crippen molar-refractivity contribution in [3.63, 3.8) is 0 Å². The Balaban J connectivity index is 1.14. The molecule has 244 valence electrons. The quantitative estimate of drug-likeness (QED) is 0.180. The van der Waals surface area contributed by atoms with Crippen LogP contribution in [0.1, 0.15) is 53.2 Å². The first-order valence-electron chi connectivity index (χ1n) is 16.6. The average molecular weight is 642 g/mol. The molecule has 0 spiro atoms. The minimum absolute atomic E-state index is 0.0205. The van der Waals surface area contributed by atoms with Gasteiger partial charge in [-0.05, 0) is 48.9 Å². The van der Waals surface area contributed by atoms with E-state index in [0.717, 1.165) is 53.8 Å². The minimum Gasteiger partial charge on any atom is -0.379 e. The van der Waals surface area contributed by atoms with E-state index in [0.29, 0.717) is 24.4 Å². The van der Waals surface area contributed by atoms with Crippen LogP contribution in [-0.2, 0) is 22.6 Å². The maximum Gasteiger partial charge on any atom is 0.257 e. The van der Waals surface area contributed by atoms with Gasteiger partial charge < -0.3 is 24.3 Å². The normalized spacial score (nSPS) is 20.4. The summed E-state index contributed by atoms with van der Waals surface area (Å²) in [6, 6.07) is 27.0. The third-order valence-electron chi connectivity index (χ3n) is 9.84. The highest BCUT2D eigenvalue weighted by molar-refractivity contribution is 6.01. The van der Waals surface area contributed by atoms with Gasteiger partial charge in [-0.2, -0.15) is 9.61 Å². The highest BCUT2D eigenvalue weighted by Crippen LogP contribution is 2.40. The fourth-order valence-electron chi connectivity index (χ4n) is 6.87. The molecule has 0 saturated heterocycles. The van der Waals surface area contributed by atoms with E-state index in [1.807, 2.05) is 55.7 Å². The molecule has 2 aliphatic carbocycles. The second-order valence-electron chi connectivity index (χ2n) is 12.9. The van der Waals surface area contributed by atoms with Gasteiger partial charge in [0.25, 0.3) is 5.91 Å². The Morgan fingerprint density at radius 1 is 0.979 bits per heavy atom. The average Bonchev–Trinajstić information content (AvgIpc) is 3.69. The lowest BCUT2D eigenvalue weighted by Crippen LogP contribution is -2.51. The van der Waals surface area contributed by atoms with Crippen LogP contribution in [-0.4, -0.2) is 62.5 Å². The van der Waals surface area contributed by atoms with Crippen LogP contribution in [0.4, 0.5) is 5.82 Å². The number of hydrogen-bond donors (Lipinski definition) is 1. The van der Waals surface area contributed by atoms with E-state index in [1.165, 1.54) is 11.1 Å². The molecular weight excluding hydrogens is 602 g/mol.